The summed E-state index contributed by atoms with van der Waals surface area (Å²) in [6, 6.07) is 6.92. The molecule has 0 aliphatic heterocycles. The zero-order chi connectivity index (χ0) is 17.0. The van der Waals surface area contributed by atoms with E-state index in [1.807, 2.05) is 25.1 Å². The van der Waals surface area contributed by atoms with Gasteiger partial charge in [-0.15, -0.1) is 0 Å². The van der Waals surface area contributed by atoms with Gasteiger partial charge in [0.25, 0.3) is 5.91 Å². The standard InChI is InChI=1S/C16H18BrN3O3/c1-20(2)14-6-5-11(9-18-14)19-16(21)10-7-12(22-3)15(17)13(8-10)23-4/h5-9H,1-4H3,(H,19,21). The van der Waals surface area contributed by atoms with E-state index >= 15 is 0 Å². The van der Waals surface area contributed by atoms with Crippen molar-refractivity contribution in [2.24, 2.45) is 0 Å². The maximum absolute atomic E-state index is 12.4. The van der Waals surface area contributed by atoms with Gasteiger partial charge in [0.1, 0.15) is 21.8 Å². The third-order valence-electron chi connectivity index (χ3n) is 3.17. The summed E-state index contributed by atoms with van der Waals surface area (Å²) in [6.45, 7) is 0. The van der Waals surface area contributed by atoms with Gasteiger partial charge in [-0.3, -0.25) is 4.79 Å². The quantitative estimate of drug-likeness (QED) is 0.863. The van der Waals surface area contributed by atoms with E-state index in [0.29, 0.717) is 27.2 Å². The van der Waals surface area contributed by atoms with Crippen LogP contribution in [0.15, 0.2) is 34.9 Å². The van der Waals surface area contributed by atoms with Gasteiger partial charge in [-0.05, 0) is 40.2 Å². The van der Waals surface area contributed by atoms with E-state index < -0.39 is 0 Å². The SMILES string of the molecule is COc1cc(C(=O)Nc2ccc(N(C)C)nc2)cc(OC)c1Br. The zero-order valence-corrected chi connectivity index (χ0v) is 15.0. The summed E-state index contributed by atoms with van der Waals surface area (Å²) in [5, 5.41) is 2.80. The van der Waals surface area contributed by atoms with E-state index in [1.54, 1.807) is 24.4 Å². The van der Waals surface area contributed by atoms with Crippen LogP contribution in [0.3, 0.4) is 0 Å². The number of pyridine rings is 1. The molecule has 1 heterocycles. The van der Waals surface area contributed by atoms with Crippen LogP contribution in [0.4, 0.5) is 11.5 Å². The Morgan fingerprint density at radius 1 is 1.17 bits per heavy atom. The van der Waals surface area contributed by atoms with Crippen molar-refractivity contribution in [3.63, 3.8) is 0 Å². The largest absolute Gasteiger partial charge is 0.495 e. The molecule has 2 rings (SSSR count). The molecular weight excluding hydrogens is 362 g/mol. The summed E-state index contributed by atoms with van der Waals surface area (Å²) in [5.41, 5.74) is 1.04. The van der Waals surface area contributed by atoms with Gasteiger partial charge in [-0.1, -0.05) is 0 Å². The predicted molar refractivity (Wildman–Crippen MR) is 93.8 cm³/mol. The number of carbonyl (C=O) groups excluding carboxylic acids is 1. The number of benzene rings is 1. The number of carbonyl (C=O) groups is 1. The molecule has 0 aliphatic rings. The van der Waals surface area contributed by atoms with Crippen LogP contribution in [-0.4, -0.2) is 39.2 Å². The fourth-order valence-corrected chi connectivity index (χ4v) is 2.48. The highest BCUT2D eigenvalue weighted by molar-refractivity contribution is 9.10. The molecule has 0 saturated carbocycles. The van der Waals surface area contributed by atoms with E-state index in [2.05, 4.69) is 26.2 Å². The van der Waals surface area contributed by atoms with Crippen LogP contribution in [0.5, 0.6) is 11.5 Å². The molecule has 1 aromatic heterocycles. The molecule has 23 heavy (non-hydrogen) atoms. The summed E-state index contributed by atoms with van der Waals surface area (Å²) in [6.07, 6.45) is 1.61. The molecule has 7 heteroatoms. The second-order valence-electron chi connectivity index (χ2n) is 4.95. The van der Waals surface area contributed by atoms with Crippen LogP contribution < -0.4 is 19.7 Å². The molecule has 0 aliphatic carbocycles. The van der Waals surface area contributed by atoms with E-state index in [9.17, 15) is 4.79 Å². The van der Waals surface area contributed by atoms with Crippen molar-refractivity contribution in [3.05, 3.63) is 40.5 Å². The molecule has 1 N–H and O–H groups in total. The number of amides is 1. The van der Waals surface area contributed by atoms with Crippen molar-refractivity contribution in [3.8, 4) is 11.5 Å². The number of hydrogen-bond acceptors (Lipinski definition) is 5. The van der Waals surface area contributed by atoms with Crippen LogP contribution in [0, 0.1) is 0 Å². The predicted octanol–water partition coefficient (Wildman–Crippen LogP) is 3.18. The van der Waals surface area contributed by atoms with Crippen LogP contribution in [0.2, 0.25) is 0 Å². The third kappa shape index (κ3) is 3.92. The van der Waals surface area contributed by atoms with E-state index in [1.165, 1.54) is 14.2 Å². The van der Waals surface area contributed by atoms with Crippen LogP contribution in [0.25, 0.3) is 0 Å². The maximum Gasteiger partial charge on any atom is 0.255 e. The Morgan fingerprint density at radius 2 is 1.78 bits per heavy atom. The van der Waals surface area contributed by atoms with Crippen molar-refractivity contribution < 1.29 is 14.3 Å². The first-order chi connectivity index (χ1) is 11.0. The minimum absolute atomic E-state index is 0.270. The van der Waals surface area contributed by atoms with Crippen LogP contribution >= 0.6 is 15.9 Å². The molecule has 0 fully saturated rings. The lowest BCUT2D eigenvalue weighted by Gasteiger charge is -2.13. The first kappa shape index (κ1) is 17.1. The Morgan fingerprint density at radius 3 is 2.22 bits per heavy atom. The Labute approximate surface area is 143 Å². The molecule has 0 saturated heterocycles. The number of rotatable bonds is 5. The van der Waals surface area contributed by atoms with Gasteiger partial charge in [-0.25, -0.2) is 4.98 Å². The number of aromatic nitrogens is 1. The monoisotopic (exact) mass is 379 g/mol. The van der Waals surface area contributed by atoms with Gasteiger partial charge >= 0.3 is 0 Å². The second kappa shape index (κ2) is 7.32. The van der Waals surface area contributed by atoms with Gasteiger partial charge in [0, 0.05) is 19.7 Å². The Bertz CT molecular complexity index is 677. The lowest BCUT2D eigenvalue weighted by molar-refractivity contribution is 0.102. The molecule has 6 nitrogen and oxygen atoms in total. The molecular formula is C16H18BrN3O3. The number of nitrogens with zero attached hydrogens (tertiary/aromatic N) is 2. The molecule has 1 aromatic carbocycles. The van der Waals surface area contributed by atoms with Crippen molar-refractivity contribution in [1.82, 2.24) is 4.98 Å². The second-order valence-corrected chi connectivity index (χ2v) is 5.74. The van der Waals surface area contributed by atoms with Gasteiger partial charge in [0.2, 0.25) is 0 Å². The smallest absolute Gasteiger partial charge is 0.255 e. The van der Waals surface area contributed by atoms with Gasteiger partial charge in [0.15, 0.2) is 0 Å². The fourth-order valence-electron chi connectivity index (χ4n) is 1.93. The topological polar surface area (TPSA) is 63.7 Å². The molecule has 0 radical (unpaired) electrons. The Kier molecular flexibility index (Phi) is 5.44. The summed E-state index contributed by atoms with van der Waals surface area (Å²) >= 11 is 3.38. The summed E-state index contributed by atoms with van der Waals surface area (Å²) in [7, 11) is 6.87. The number of methoxy groups -OCH3 is 2. The molecule has 122 valence electrons. The summed E-state index contributed by atoms with van der Waals surface area (Å²) in [5.74, 6) is 1.59. The minimum atomic E-state index is -0.270. The normalized spacial score (nSPS) is 10.1. The number of halogens is 1. The molecule has 0 bridgehead atoms. The van der Waals surface area contributed by atoms with Gasteiger partial charge in [-0.2, -0.15) is 0 Å². The molecule has 2 aromatic rings. The van der Waals surface area contributed by atoms with E-state index in [4.69, 9.17) is 9.47 Å². The molecule has 0 atom stereocenters. The van der Waals surface area contributed by atoms with Crippen LogP contribution in [0.1, 0.15) is 10.4 Å². The van der Waals surface area contributed by atoms with Crippen molar-refractivity contribution in [2.75, 3.05) is 38.5 Å². The number of nitrogens with one attached hydrogen (secondary N) is 1. The molecule has 0 spiro atoms. The van der Waals surface area contributed by atoms with Crippen molar-refractivity contribution in [2.45, 2.75) is 0 Å². The summed E-state index contributed by atoms with van der Waals surface area (Å²) in [4.78, 5) is 18.6. The Hall–Kier alpha value is -2.28. The number of hydrogen-bond donors (Lipinski definition) is 1. The summed E-state index contributed by atoms with van der Waals surface area (Å²) < 4.78 is 11.2. The molecule has 0 unspecified atom stereocenters. The highest BCUT2D eigenvalue weighted by atomic mass is 79.9. The van der Waals surface area contributed by atoms with Crippen molar-refractivity contribution >= 4 is 33.3 Å². The maximum atomic E-state index is 12.4. The highest BCUT2D eigenvalue weighted by Crippen LogP contribution is 2.35. The van der Waals surface area contributed by atoms with Gasteiger partial charge in [0.05, 0.1) is 26.1 Å². The Balaban J connectivity index is 2.23. The van der Waals surface area contributed by atoms with Crippen LogP contribution in [-0.2, 0) is 0 Å². The highest BCUT2D eigenvalue weighted by Gasteiger charge is 2.15. The first-order valence-corrected chi connectivity index (χ1v) is 7.61. The van der Waals surface area contributed by atoms with Gasteiger partial charge < -0.3 is 19.7 Å². The lowest BCUT2D eigenvalue weighted by atomic mass is 10.2. The average molecular weight is 380 g/mol. The fraction of sp³-hybridized carbons (Fsp3) is 0.250. The lowest BCUT2D eigenvalue weighted by Crippen LogP contribution is -2.14. The van der Waals surface area contributed by atoms with Crippen molar-refractivity contribution in [1.29, 1.82) is 0 Å². The minimum Gasteiger partial charge on any atom is -0.495 e. The third-order valence-corrected chi connectivity index (χ3v) is 3.95. The number of anilines is 2. The number of ether oxygens (including phenoxy) is 2. The first-order valence-electron chi connectivity index (χ1n) is 6.82. The van der Waals surface area contributed by atoms with E-state index in [0.717, 1.165) is 5.82 Å². The zero-order valence-electron chi connectivity index (χ0n) is 13.4. The van der Waals surface area contributed by atoms with E-state index in [-0.39, 0.29) is 5.91 Å². The average Bonchev–Trinajstić information content (AvgIpc) is 2.55. The molecule has 1 amide bonds.